The number of anilines is 1. The van der Waals surface area contributed by atoms with Gasteiger partial charge in [0, 0.05) is 25.6 Å². The largest absolute Gasteiger partial charge is 0.380 e. The fraction of sp³-hybridized carbons (Fsp3) is 0.429. The number of halogens is 1. The monoisotopic (exact) mass is 261 g/mol. The van der Waals surface area contributed by atoms with E-state index in [1.165, 1.54) is 12.4 Å². The van der Waals surface area contributed by atoms with Crippen molar-refractivity contribution < 1.29 is 9.13 Å². The van der Waals surface area contributed by atoms with Gasteiger partial charge in [0.1, 0.15) is 23.5 Å². The molecule has 0 N–H and O–H groups in total. The van der Waals surface area contributed by atoms with E-state index in [1.54, 1.807) is 13.2 Å². The van der Waals surface area contributed by atoms with E-state index >= 15 is 0 Å². The summed E-state index contributed by atoms with van der Waals surface area (Å²) in [6.45, 7) is 1.71. The molecular weight excluding hydrogens is 245 g/mol. The first-order valence-corrected chi connectivity index (χ1v) is 6.46. The maximum absolute atomic E-state index is 13.7. The van der Waals surface area contributed by atoms with Crippen LogP contribution < -0.4 is 4.90 Å². The van der Waals surface area contributed by atoms with Gasteiger partial charge in [-0.1, -0.05) is 6.07 Å². The van der Waals surface area contributed by atoms with Gasteiger partial charge >= 0.3 is 0 Å². The van der Waals surface area contributed by atoms with Crippen molar-refractivity contribution in [2.24, 2.45) is 0 Å². The van der Waals surface area contributed by atoms with Crippen molar-refractivity contribution in [3.05, 3.63) is 30.3 Å². The second-order valence-electron chi connectivity index (χ2n) is 4.78. The van der Waals surface area contributed by atoms with E-state index in [1.807, 2.05) is 6.07 Å². The molecule has 1 saturated heterocycles. The Morgan fingerprint density at radius 3 is 3.11 bits per heavy atom. The number of piperidine rings is 1. The molecule has 0 radical (unpaired) electrons. The summed E-state index contributed by atoms with van der Waals surface area (Å²) in [4.78, 5) is 10.5. The minimum Gasteiger partial charge on any atom is -0.380 e. The molecule has 1 aromatic carbocycles. The molecule has 0 aliphatic carbocycles. The second kappa shape index (κ2) is 5.09. The van der Waals surface area contributed by atoms with Crippen molar-refractivity contribution in [1.82, 2.24) is 9.97 Å². The molecule has 100 valence electrons. The number of para-hydroxylation sites is 1. The van der Waals surface area contributed by atoms with Crippen LogP contribution in [0.3, 0.4) is 0 Å². The third-order valence-corrected chi connectivity index (χ3v) is 3.61. The van der Waals surface area contributed by atoms with Crippen molar-refractivity contribution in [3.8, 4) is 0 Å². The Morgan fingerprint density at radius 1 is 1.37 bits per heavy atom. The Balaban J connectivity index is 2.03. The zero-order chi connectivity index (χ0) is 13.2. The van der Waals surface area contributed by atoms with E-state index in [-0.39, 0.29) is 11.9 Å². The van der Waals surface area contributed by atoms with Gasteiger partial charge in [-0.15, -0.1) is 0 Å². The van der Waals surface area contributed by atoms with Gasteiger partial charge < -0.3 is 9.64 Å². The van der Waals surface area contributed by atoms with Crippen LogP contribution in [0.25, 0.3) is 10.9 Å². The molecule has 0 bridgehead atoms. The van der Waals surface area contributed by atoms with Crippen LogP contribution in [0.1, 0.15) is 12.8 Å². The summed E-state index contributed by atoms with van der Waals surface area (Å²) < 4.78 is 19.2. The molecule has 1 fully saturated rings. The van der Waals surface area contributed by atoms with Crippen molar-refractivity contribution >= 4 is 16.7 Å². The predicted octanol–water partition coefficient (Wildman–Crippen LogP) is 2.38. The lowest BCUT2D eigenvalue weighted by Crippen LogP contribution is -2.39. The fourth-order valence-corrected chi connectivity index (χ4v) is 2.61. The van der Waals surface area contributed by atoms with Gasteiger partial charge in [-0.25, -0.2) is 14.4 Å². The Hall–Kier alpha value is -1.75. The Kier molecular flexibility index (Phi) is 3.29. The van der Waals surface area contributed by atoms with E-state index in [0.717, 1.165) is 37.1 Å². The van der Waals surface area contributed by atoms with Gasteiger partial charge in [-0.3, -0.25) is 0 Å². The quantitative estimate of drug-likeness (QED) is 0.832. The first-order chi connectivity index (χ1) is 9.29. The maximum atomic E-state index is 13.7. The Labute approximate surface area is 111 Å². The standard InChI is InChI=1S/C14H16FN3O/c1-19-10-4-3-7-18(8-10)14-11-5-2-6-12(15)13(11)16-9-17-14/h2,5-6,9-10H,3-4,7-8H2,1H3. The van der Waals surface area contributed by atoms with Crippen LogP contribution >= 0.6 is 0 Å². The molecule has 3 rings (SSSR count). The number of hydrogen-bond donors (Lipinski definition) is 0. The van der Waals surface area contributed by atoms with Crippen LogP contribution in [0.15, 0.2) is 24.5 Å². The average molecular weight is 261 g/mol. The highest BCUT2D eigenvalue weighted by molar-refractivity contribution is 5.89. The summed E-state index contributed by atoms with van der Waals surface area (Å²) in [5.74, 6) is 0.493. The minimum absolute atomic E-state index is 0.215. The maximum Gasteiger partial charge on any atom is 0.149 e. The molecule has 0 amide bonds. The van der Waals surface area contributed by atoms with Crippen LogP contribution in [0, 0.1) is 5.82 Å². The highest BCUT2D eigenvalue weighted by Gasteiger charge is 2.22. The Bertz CT molecular complexity index is 590. The molecule has 1 aliphatic rings. The van der Waals surface area contributed by atoms with Gasteiger partial charge in [0.2, 0.25) is 0 Å². The summed E-state index contributed by atoms with van der Waals surface area (Å²) in [6.07, 6.45) is 3.76. The lowest BCUT2D eigenvalue weighted by molar-refractivity contribution is 0.0892. The van der Waals surface area contributed by atoms with Crippen LogP contribution in [0.2, 0.25) is 0 Å². The zero-order valence-electron chi connectivity index (χ0n) is 10.8. The van der Waals surface area contributed by atoms with Crippen LogP contribution in [0.4, 0.5) is 10.2 Å². The lowest BCUT2D eigenvalue weighted by Gasteiger charge is -2.33. The molecule has 1 aliphatic heterocycles. The number of nitrogens with zero attached hydrogens (tertiary/aromatic N) is 3. The molecule has 1 atom stereocenters. The lowest BCUT2D eigenvalue weighted by atomic mass is 10.1. The van der Waals surface area contributed by atoms with Crippen LogP contribution in [0.5, 0.6) is 0 Å². The van der Waals surface area contributed by atoms with Crippen molar-refractivity contribution in [2.45, 2.75) is 18.9 Å². The van der Waals surface area contributed by atoms with E-state index in [9.17, 15) is 4.39 Å². The van der Waals surface area contributed by atoms with E-state index < -0.39 is 0 Å². The topological polar surface area (TPSA) is 38.2 Å². The highest BCUT2D eigenvalue weighted by atomic mass is 19.1. The van der Waals surface area contributed by atoms with E-state index in [0.29, 0.717) is 5.52 Å². The number of benzene rings is 1. The second-order valence-corrected chi connectivity index (χ2v) is 4.78. The van der Waals surface area contributed by atoms with Crippen molar-refractivity contribution in [1.29, 1.82) is 0 Å². The van der Waals surface area contributed by atoms with Gasteiger partial charge in [0.25, 0.3) is 0 Å². The third-order valence-electron chi connectivity index (χ3n) is 3.61. The molecular formula is C14H16FN3O. The Morgan fingerprint density at radius 2 is 2.26 bits per heavy atom. The summed E-state index contributed by atoms with van der Waals surface area (Å²) >= 11 is 0. The third kappa shape index (κ3) is 2.26. The summed E-state index contributed by atoms with van der Waals surface area (Å²) in [5.41, 5.74) is 0.382. The van der Waals surface area contributed by atoms with Crippen molar-refractivity contribution in [3.63, 3.8) is 0 Å². The summed E-state index contributed by atoms with van der Waals surface area (Å²) in [7, 11) is 1.73. The summed E-state index contributed by atoms with van der Waals surface area (Å²) in [5, 5.41) is 0.763. The SMILES string of the molecule is COC1CCCN(c2ncnc3c(F)cccc23)C1. The molecule has 4 nitrogen and oxygen atoms in total. The molecule has 0 saturated carbocycles. The van der Waals surface area contributed by atoms with Gasteiger partial charge in [0.05, 0.1) is 6.10 Å². The molecule has 2 heterocycles. The van der Waals surface area contributed by atoms with E-state index in [2.05, 4.69) is 14.9 Å². The molecule has 0 spiro atoms. The molecule has 2 aromatic rings. The molecule has 1 unspecified atom stereocenters. The van der Waals surface area contributed by atoms with Crippen molar-refractivity contribution in [2.75, 3.05) is 25.1 Å². The number of fused-ring (bicyclic) bond motifs is 1. The number of ether oxygens (including phenoxy) is 1. The highest BCUT2D eigenvalue weighted by Crippen LogP contribution is 2.27. The van der Waals surface area contributed by atoms with E-state index in [4.69, 9.17) is 4.74 Å². The number of aromatic nitrogens is 2. The van der Waals surface area contributed by atoms with Crippen LogP contribution in [-0.2, 0) is 4.74 Å². The first kappa shape index (κ1) is 12.3. The smallest absolute Gasteiger partial charge is 0.149 e. The van der Waals surface area contributed by atoms with Gasteiger partial charge in [-0.2, -0.15) is 0 Å². The zero-order valence-corrected chi connectivity index (χ0v) is 10.8. The average Bonchev–Trinajstić information content (AvgIpc) is 2.47. The minimum atomic E-state index is -0.304. The fourth-order valence-electron chi connectivity index (χ4n) is 2.61. The molecule has 1 aromatic heterocycles. The van der Waals surface area contributed by atoms with Gasteiger partial charge in [-0.05, 0) is 25.0 Å². The van der Waals surface area contributed by atoms with Gasteiger partial charge in [0.15, 0.2) is 0 Å². The molecule has 19 heavy (non-hydrogen) atoms. The summed E-state index contributed by atoms with van der Waals surface area (Å²) in [6, 6.07) is 4.99. The normalized spacial score (nSPS) is 19.9. The number of rotatable bonds is 2. The van der Waals surface area contributed by atoms with Crippen LogP contribution in [-0.4, -0.2) is 36.3 Å². The predicted molar refractivity (Wildman–Crippen MR) is 71.7 cm³/mol. The first-order valence-electron chi connectivity index (χ1n) is 6.46. The number of methoxy groups -OCH3 is 1. The molecule has 5 heteroatoms. The number of hydrogen-bond acceptors (Lipinski definition) is 4.